The number of aromatic nitrogens is 1. The Hall–Kier alpha value is -2.58. The molecule has 1 heterocycles. The fourth-order valence-corrected chi connectivity index (χ4v) is 3.09. The number of nitrogens with zero attached hydrogens (tertiary/aromatic N) is 1. The van der Waals surface area contributed by atoms with E-state index in [1.54, 1.807) is 24.3 Å². The van der Waals surface area contributed by atoms with Crippen molar-refractivity contribution in [1.82, 2.24) is 4.37 Å². The number of hydrogen-bond donors (Lipinski definition) is 1. The average molecular weight is 430 g/mol. The first kappa shape index (κ1) is 16.4. The number of ether oxygens (including phenoxy) is 1. The Balaban J connectivity index is 1.59. The number of alkyl halides is 3. The SMILES string of the molecule is [2H]C([2H])([2H])c1nsc(NC(=O)Cc2ccc(Oc3ccc(C(F)(F)F)cc3)cc2)c1Cl. The lowest BCUT2D eigenvalue weighted by Gasteiger charge is -2.09. The molecule has 9 heteroatoms. The van der Waals surface area contributed by atoms with Gasteiger partial charge < -0.3 is 10.1 Å². The van der Waals surface area contributed by atoms with Gasteiger partial charge in [0, 0.05) is 4.11 Å². The quantitative estimate of drug-likeness (QED) is 0.533. The van der Waals surface area contributed by atoms with Crippen LogP contribution in [0.5, 0.6) is 11.5 Å². The molecule has 0 radical (unpaired) electrons. The predicted octanol–water partition coefficient (Wildman–Crippen LogP) is 6.10. The highest BCUT2D eigenvalue weighted by Gasteiger charge is 2.30. The Bertz CT molecular complexity index is 1070. The summed E-state index contributed by atoms with van der Waals surface area (Å²) in [7, 11) is 0. The van der Waals surface area contributed by atoms with E-state index in [2.05, 4.69) is 9.69 Å². The smallest absolute Gasteiger partial charge is 0.416 e. The van der Waals surface area contributed by atoms with Crippen molar-refractivity contribution in [2.75, 3.05) is 5.32 Å². The Morgan fingerprint density at radius 1 is 1.18 bits per heavy atom. The van der Waals surface area contributed by atoms with Crippen LogP contribution in [0.2, 0.25) is 5.02 Å². The molecule has 4 nitrogen and oxygen atoms in total. The van der Waals surface area contributed by atoms with Gasteiger partial charge in [-0.25, -0.2) is 0 Å². The molecule has 0 saturated heterocycles. The van der Waals surface area contributed by atoms with E-state index in [-0.39, 0.29) is 27.9 Å². The van der Waals surface area contributed by atoms with Gasteiger partial charge in [-0.3, -0.25) is 4.79 Å². The normalized spacial score (nSPS) is 13.4. The van der Waals surface area contributed by atoms with Crippen LogP contribution in [0.15, 0.2) is 48.5 Å². The van der Waals surface area contributed by atoms with Crippen LogP contribution in [-0.2, 0) is 17.4 Å². The summed E-state index contributed by atoms with van der Waals surface area (Å²) in [6.07, 6.45) is -4.43. The third-order valence-electron chi connectivity index (χ3n) is 3.59. The van der Waals surface area contributed by atoms with Crippen LogP contribution in [0.1, 0.15) is 20.9 Å². The molecule has 3 aromatic rings. The maximum absolute atomic E-state index is 12.6. The van der Waals surface area contributed by atoms with Gasteiger partial charge in [-0.05, 0) is 60.3 Å². The van der Waals surface area contributed by atoms with E-state index in [4.69, 9.17) is 20.5 Å². The maximum Gasteiger partial charge on any atom is 0.416 e. The van der Waals surface area contributed by atoms with Gasteiger partial charge in [0.2, 0.25) is 5.91 Å². The lowest BCUT2D eigenvalue weighted by atomic mass is 10.1. The van der Waals surface area contributed by atoms with Gasteiger partial charge in [-0.2, -0.15) is 17.5 Å². The number of halogens is 4. The highest BCUT2D eigenvalue weighted by atomic mass is 35.5. The number of hydrogen-bond acceptors (Lipinski definition) is 4. The molecule has 0 bridgehead atoms. The molecule has 28 heavy (non-hydrogen) atoms. The molecular weight excluding hydrogens is 413 g/mol. The highest BCUT2D eigenvalue weighted by molar-refractivity contribution is 7.11. The summed E-state index contributed by atoms with van der Waals surface area (Å²) in [6.45, 7) is -2.47. The van der Waals surface area contributed by atoms with Crippen LogP contribution in [0, 0.1) is 6.85 Å². The second-order valence-corrected chi connectivity index (χ2v) is 6.82. The van der Waals surface area contributed by atoms with Crippen LogP contribution in [0.3, 0.4) is 0 Å². The van der Waals surface area contributed by atoms with Crippen molar-refractivity contribution in [2.24, 2.45) is 0 Å². The molecule has 0 aliphatic rings. The number of benzene rings is 2. The molecule has 0 atom stereocenters. The molecule has 0 fully saturated rings. The number of carbonyl (C=O) groups is 1. The van der Waals surface area contributed by atoms with Crippen LogP contribution < -0.4 is 10.1 Å². The zero-order chi connectivity index (χ0) is 22.8. The molecule has 1 aromatic heterocycles. The minimum absolute atomic E-state index is 0.0160. The molecule has 1 amide bonds. The molecule has 0 aliphatic carbocycles. The van der Waals surface area contributed by atoms with Gasteiger partial charge in [0.15, 0.2) is 0 Å². The van der Waals surface area contributed by atoms with Crippen LogP contribution in [-0.4, -0.2) is 10.3 Å². The molecule has 3 rings (SSSR count). The first-order chi connectivity index (χ1) is 14.4. The largest absolute Gasteiger partial charge is 0.457 e. The highest BCUT2D eigenvalue weighted by Crippen LogP contribution is 2.32. The second-order valence-electron chi connectivity index (χ2n) is 5.67. The number of carbonyl (C=O) groups excluding carboxylic acids is 1. The summed E-state index contributed by atoms with van der Waals surface area (Å²) in [4.78, 5) is 12.2. The van der Waals surface area contributed by atoms with E-state index in [1.165, 1.54) is 12.1 Å². The van der Waals surface area contributed by atoms with Crippen molar-refractivity contribution in [3.63, 3.8) is 0 Å². The van der Waals surface area contributed by atoms with E-state index >= 15 is 0 Å². The number of nitrogens with one attached hydrogen (secondary N) is 1. The standard InChI is InChI=1S/C19H14ClF3N2O2S/c1-11-17(20)18(28-25-11)24-16(26)10-12-2-6-14(7-3-12)27-15-8-4-13(5-9-15)19(21,22)23/h2-9H,10H2,1H3,(H,24,26)/i1D3. The predicted molar refractivity (Wildman–Crippen MR) is 102 cm³/mol. The van der Waals surface area contributed by atoms with Crippen molar-refractivity contribution in [2.45, 2.75) is 19.4 Å². The van der Waals surface area contributed by atoms with Gasteiger partial charge in [0.25, 0.3) is 0 Å². The molecule has 0 spiro atoms. The summed E-state index contributed by atoms with van der Waals surface area (Å²) in [6, 6.07) is 10.7. The zero-order valence-electron chi connectivity index (χ0n) is 17.0. The molecule has 0 unspecified atom stereocenters. The van der Waals surface area contributed by atoms with E-state index in [0.29, 0.717) is 11.3 Å². The minimum atomic E-state index is -4.42. The van der Waals surface area contributed by atoms with Crippen molar-refractivity contribution in [3.05, 3.63) is 70.4 Å². The number of rotatable bonds is 5. The summed E-state index contributed by atoms with van der Waals surface area (Å²) < 4.78 is 69.1. The third-order valence-corrected chi connectivity index (χ3v) is 4.84. The van der Waals surface area contributed by atoms with Gasteiger partial charge in [0.1, 0.15) is 16.5 Å². The van der Waals surface area contributed by atoms with Crippen molar-refractivity contribution >= 4 is 34.0 Å². The van der Waals surface area contributed by atoms with Gasteiger partial charge in [0.05, 0.1) is 22.7 Å². The Kier molecular flexibility index (Phi) is 4.80. The van der Waals surface area contributed by atoms with Gasteiger partial charge in [-0.1, -0.05) is 23.7 Å². The lowest BCUT2D eigenvalue weighted by molar-refractivity contribution is -0.137. The van der Waals surface area contributed by atoms with Crippen LogP contribution in [0.25, 0.3) is 0 Å². The first-order valence-electron chi connectivity index (χ1n) is 9.33. The average Bonchev–Trinajstić information content (AvgIpc) is 3.03. The Morgan fingerprint density at radius 3 is 2.32 bits per heavy atom. The number of amides is 1. The monoisotopic (exact) mass is 429 g/mol. The molecule has 2 aromatic carbocycles. The maximum atomic E-state index is 12.6. The van der Waals surface area contributed by atoms with E-state index in [0.717, 1.165) is 23.7 Å². The molecular formula is C19H14ClF3N2O2S. The molecule has 0 aliphatic heterocycles. The van der Waals surface area contributed by atoms with Crippen LogP contribution in [0.4, 0.5) is 18.2 Å². The summed E-state index contributed by atoms with van der Waals surface area (Å²) in [5, 5.41) is 2.58. The zero-order valence-corrected chi connectivity index (χ0v) is 15.6. The summed E-state index contributed by atoms with van der Waals surface area (Å²) in [5.74, 6) is 0.208. The lowest BCUT2D eigenvalue weighted by Crippen LogP contribution is -2.13. The van der Waals surface area contributed by atoms with Gasteiger partial charge >= 0.3 is 6.18 Å². The van der Waals surface area contributed by atoms with Gasteiger partial charge in [-0.15, -0.1) is 0 Å². The van der Waals surface area contributed by atoms with Crippen molar-refractivity contribution in [1.29, 1.82) is 0 Å². The molecule has 0 saturated carbocycles. The van der Waals surface area contributed by atoms with Crippen molar-refractivity contribution in [3.8, 4) is 11.5 Å². The topological polar surface area (TPSA) is 51.2 Å². The fraction of sp³-hybridized carbons (Fsp3) is 0.158. The van der Waals surface area contributed by atoms with E-state index in [1.807, 2.05) is 0 Å². The first-order valence-corrected chi connectivity index (χ1v) is 8.98. The second kappa shape index (κ2) is 8.20. The van der Waals surface area contributed by atoms with E-state index in [9.17, 15) is 18.0 Å². The minimum Gasteiger partial charge on any atom is -0.457 e. The van der Waals surface area contributed by atoms with Crippen molar-refractivity contribution < 1.29 is 26.8 Å². The Labute approximate surface area is 172 Å². The fourth-order valence-electron chi connectivity index (χ4n) is 2.24. The molecule has 1 N–H and O–H groups in total. The Morgan fingerprint density at radius 2 is 1.79 bits per heavy atom. The number of anilines is 1. The summed E-state index contributed by atoms with van der Waals surface area (Å²) in [5.41, 5.74) is -0.401. The third kappa shape index (κ3) is 5.02. The van der Waals surface area contributed by atoms with Crippen LogP contribution >= 0.6 is 23.1 Å². The summed E-state index contributed by atoms with van der Waals surface area (Å²) >= 11 is 6.77. The van der Waals surface area contributed by atoms with E-state index < -0.39 is 24.5 Å². The number of aryl methyl sites for hydroxylation is 1. The molecule has 146 valence electrons.